The van der Waals surface area contributed by atoms with Gasteiger partial charge in [0, 0.05) is 29.2 Å². The van der Waals surface area contributed by atoms with Gasteiger partial charge in [-0.3, -0.25) is 4.79 Å². The maximum absolute atomic E-state index is 14.5. The van der Waals surface area contributed by atoms with Crippen LogP contribution in [0.25, 0.3) is 11.0 Å². The van der Waals surface area contributed by atoms with E-state index in [0.29, 0.717) is 5.69 Å². The molecule has 3 aromatic rings. The minimum absolute atomic E-state index is 0.0000207. The zero-order chi connectivity index (χ0) is 24.3. The van der Waals surface area contributed by atoms with E-state index in [4.69, 9.17) is 9.47 Å². The minimum Gasteiger partial charge on any atom is -0.493 e. The van der Waals surface area contributed by atoms with Gasteiger partial charge in [-0.15, -0.1) is 0 Å². The molecular formula is C23H21F5N2O3. The van der Waals surface area contributed by atoms with Crippen LogP contribution in [0.5, 0.6) is 5.75 Å². The topological polar surface area (TPSA) is 64.2 Å². The molecule has 10 heteroatoms. The van der Waals surface area contributed by atoms with E-state index in [1.54, 1.807) is 19.1 Å². The smallest absolute Gasteiger partial charge is 0.417 e. The monoisotopic (exact) mass is 468 g/mol. The Morgan fingerprint density at radius 3 is 2.52 bits per heavy atom. The van der Waals surface area contributed by atoms with Gasteiger partial charge in [-0.2, -0.15) is 17.6 Å². The predicted molar refractivity (Wildman–Crippen MR) is 110 cm³/mol. The second kappa shape index (κ2) is 7.79. The lowest BCUT2D eigenvalue weighted by Gasteiger charge is -2.32. The van der Waals surface area contributed by atoms with Crippen molar-refractivity contribution in [2.75, 3.05) is 7.11 Å². The summed E-state index contributed by atoms with van der Waals surface area (Å²) in [5.74, 6) is -5.39. The summed E-state index contributed by atoms with van der Waals surface area (Å²) >= 11 is 0. The molecule has 0 aliphatic carbocycles. The Hall–Kier alpha value is -3.01. The van der Waals surface area contributed by atoms with Crippen molar-refractivity contribution >= 4 is 11.0 Å². The van der Waals surface area contributed by atoms with Gasteiger partial charge in [0.2, 0.25) is 5.82 Å². The number of rotatable bonds is 3. The molecule has 33 heavy (non-hydrogen) atoms. The van der Waals surface area contributed by atoms with Crippen LogP contribution in [-0.4, -0.2) is 28.9 Å². The molecule has 1 saturated heterocycles. The second-order valence-corrected chi connectivity index (χ2v) is 8.38. The fraction of sp³-hybridized carbons (Fsp3) is 0.391. The van der Waals surface area contributed by atoms with E-state index in [-0.39, 0.29) is 22.3 Å². The Morgan fingerprint density at radius 1 is 1.18 bits per heavy atom. The van der Waals surface area contributed by atoms with E-state index >= 15 is 0 Å². The van der Waals surface area contributed by atoms with Crippen molar-refractivity contribution < 1.29 is 31.4 Å². The Morgan fingerprint density at radius 2 is 1.88 bits per heavy atom. The zero-order valence-electron chi connectivity index (χ0n) is 18.2. The molecule has 4 rings (SSSR count). The fourth-order valence-corrected chi connectivity index (χ4v) is 4.48. The number of methoxy groups -OCH3 is 1. The van der Waals surface area contributed by atoms with Gasteiger partial charge in [0.05, 0.1) is 18.2 Å². The summed E-state index contributed by atoms with van der Waals surface area (Å²) in [6.07, 6.45) is -6.12. The number of pyridine rings is 2. The normalized spacial score (nSPS) is 25.5. The average molecular weight is 468 g/mol. The Labute approximate surface area is 185 Å². The van der Waals surface area contributed by atoms with E-state index < -0.39 is 52.5 Å². The van der Waals surface area contributed by atoms with Crippen molar-refractivity contribution in [1.82, 2.24) is 9.97 Å². The number of aromatic nitrogens is 2. The first-order chi connectivity index (χ1) is 15.4. The van der Waals surface area contributed by atoms with Gasteiger partial charge >= 0.3 is 6.18 Å². The molecular weight excluding hydrogens is 447 g/mol. The summed E-state index contributed by atoms with van der Waals surface area (Å²) in [4.78, 5) is 19.9. The first-order valence-electron chi connectivity index (χ1n) is 10.2. The molecule has 1 aliphatic heterocycles. The number of halogens is 5. The highest BCUT2D eigenvalue weighted by molar-refractivity contribution is 5.74. The number of nitrogens with one attached hydrogen (secondary N) is 1. The Balaban J connectivity index is 1.97. The van der Waals surface area contributed by atoms with E-state index in [9.17, 15) is 26.7 Å². The van der Waals surface area contributed by atoms with Crippen LogP contribution in [0.2, 0.25) is 0 Å². The van der Waals surface area contributed by atoms with Crippen LogP contribution < -0.4 is 10.2 Å². The fourth-order valence-electron chi connectivity index (χ4n) is 4.48. The quantitative estimate of drug-likeness (QED) is 0.528. The van der Waals surface area contributed by atoms with Gasteiger partial charge < -0.3 is 14.5 Å². The number of ether oxygens (including phenoxy) is 2. The molecule has 0 radical (unpaired) electrons. The molecule has 0 unspecified atom stereocenters. The van der Waals surface area contributed by atoms with Crippen LogP contribution in [0.1, 0.15) is 42.8 Å². The number of alkyl halides is 3. The standard InChI is InChI=1S/C23H21F5N2O3/c1-10-5-6-12-16(31)9-15(30-21(12)29-10)20-17(11(2)22(3,33-20)23(26,27)28)13-7-8-14(24)18(25)19(13)32-4/h5-9,11,17,20H,1-4H3,(H,29,30,31)/t11-,17-,20-,22+/m0/s1. The maximum Gasteiger partial charge on any atom is 0.417 e. The lowest BCUT2D eigenvalue weighted by Crippen LogP contribution is -2.46. The van der Waals surface area contributed by atoms with Crippen molar-refractivity contribution in [2.45, 2.75) is 44.6 Å². The number of hydrogen-bond donors (Lipinski definition) is 1. The largest absolute Gasteiger partial charge is 0.493 e. The highest BCUT2D eigenvalue weighted by atomic mass is 19.4. The van der Waals surface area contributed by atoms with E-state index in [0.717, 1.165) is 26.2 Å². The minimum atomic E-state index is -4.78. The lowest BCUT2D eigenvalue weighted by molar-refractivity contribution is -0.275. The van der Waals surface area contributed by atoms with Crippen molar-refractivity contribution in [1.29, 1.82) is 0 Å². The summed E-state index contributed by atoms with van der Waals surface area (Å²) < 4.78 is 81.3. The molecule has 0 amide bonds. The van der Waals surface area contributed by atoms with E-state index in [2.05, 4.69) is 9.97 Å². The summed E-state index contributed by atoms with van der Waals surface area (Å²) in [7, 11) is 1.10. The third kappa shape index (κ3) is 3.56. The second-order valence-electron chi connectivity index (χ2n) is 8.38. The maximum atomic E-state index is 14.5. The average Bonchev–Trinajstić information content (AvgIpc) is 3.01. The Bertz CT molecular complexity index is 1290. The van der Waals surface area contributed by atoms with Gasteiger partial charge in [0.25, 0.3) is 0 Å². The number of fused-ring (bicyclic) bond motifs is 1. The first kappa shape index (κ1) is 23.2. The summed E-state index contributed by atoms with van der Waals surface area (Å²) in [6, 6.07) is 6.36. The summed E-state index contributed by atoms with van der Waals surface area (Å²) in [6.45, 7) is 3.92. The van der Waals surface area contributed by atoms with Gasteiger partial charge in [0.1, 0.15) is 11.8 Å². The van der Waals surface area contributed by atoms with Crippen molar-refractivity contribution in [3.8, 4) is 5.75 Å². The van der Waals surface area contributed by atoms with E-state index in [1.165, 1.54) is 13.0 Å². The van der Waals surface area contributed by atoms with Crippen LogP contribution in [0.15, 0.2) is 35.1 Å². The van der Waals surface area contributed by atoms with Crippen LogP contribution in [0, 0.1) is 24.5 Å². The molecule has 1 aromatic carbocycles. The lowest BCUT2D eigenvalue weighted by atomic mass is 9.76. The van der Waals surface area contributed by atoms with Gasteiger partial charge in [-0.1, -0.05) is 13.0 Å². The van der Waals surface area contributed by atoms with Crippen LogP contribution in [0.4, 0.5) is 22.0 Å². The Kier molecular flexibility index (Phi) is 5.47. The molecule has 1 N–H and O–H groups in total. The molecule has 1 fully saturated rings. The highest BCUT2D eigenvalue weighted by Gasteiger charge is 2.65. The molecule has 176 valence electrons. The zero-order valence-corrected chi connectivity index (χ0v) is 18.2. The predicted octanol–water partition coefficient (Wildman–Crippen LogP) is 5.33. The summed E-state index contributed by atoms with van der Waals surface area (Å²) in [5, 5.41) is 0.260. The van der Waals surface area contributed by atoms with Gasteiger partial charge in [0.15, 0.2) is 22.6 Å². The van der Waals surface area contributed by atoms with Crippen molar-refractivity contribution in [3.05, 3.63) is 69.1 Å². The molecule has 1 aliphatic rings. The molecule has 4 atom stereocenters. The highest BCUT2D eigenvalue weighted by Crippen LogP contribution is 2.59. The third-order valence-electron chi connectivity index (χ3n) is 6.47. The summed E-state index contributed by atoms with van der Waals surface area (Å²) in [5.41, 5.74) is -2.27. The number of H-pyrrole nitrogens is 1. The molecule has 5 nitrogen and oxygen atoms in total. The molecule has 0 saturated carbocycles. The number of hydrogen-bond acceptors (Lipinski definition) is 4. The van der Waals surface area contributed by atoms with Crippen LogP contribution in [0.3, 0.4) is 0 Å². The number of benzene rings is 1. The van der Waals surface area contributed by atoms with Gasteiger partial charge in [-0.25, -0.2) is 9.37 Å². The van der Waals surface area contributed by atoms with Gasteiger partial charge in [-0.05, 0) is 32.0 Å². The molecule has 3 heterocycles. The first-order valence-corrected chi connectivity index (χ1v) is 10.2. The van der Waals surface area contributed by atoms with Crippen LogP contribution in [-0.2, 0) is 4.74 Å². The number of nitrogens with zero attached hydrogens (tertiary/aromatic N) is 1. The molecule has 0 bridgehead atoms. The van der Waals surface area contributed by atoms with Crippen molar-refractivity contribution in [2.24, 2.45) is 5.92 Å². The van der Waals surface area contributed by atoms with Crippen molar-refractivity contribution in [3.63, 3.8) is 0 Å². The van der Waals surface area contributed by atoms with Crippen LogP contribution >= 0.6 is 0 Å². The third-order valence-corrected chi connectivity index (χ3v) is 6.47. The number of aromatic amines is 1. The molecule has 2 aromatic heterocycles. The van der Waals surface area contributed by atoms with E-state index in [1.807, 2.05) is 0 Å². The SMILES string of the molecule is COc1c([C@H]2[C@H](c3cc(=O)c4ccc(C)nc4[nH]3)O[C@@](C)(C(F)(F)F)[C@H]2C)ccc(F)c1F. The molecule has 0 spiro atoms. The number of aryl methyl sites for hydroxylation is 1.